The van der Waals surface area contributed by atoms with Gasteiger partial charge in [0, 0.05) is 9.50 Å². The van der Waals surface area contributed by atoms with Crippen LogP contribution in [-0.4, -0.2) is 30.1 Å². The van der Waals surface area contributed by atoms with Gasteiger partial charge in [-0.3, -0.25) is 9.59 Å². The number of carbonyl (C=O) groups is 2. The van der Waals surface area contributed by atoms with Gasteiger partial charge in [0.1, 0.15) is 0 Å². The van der Waals surface area contributed by atoms with E-state index in [-0.39, 0.29) is 11.1 Å². The lowest BCUT2D eigenvalue weighted by Crippen LogP contribution is -2.32. The van der Waals surface area contributed by atoms with Crippen molar-refractivity contribution in [3.63, 3.8) is 0 Å². The maximum Gasteiger partial charge on any atom is 0.293 e. The average molecular weight is 471 g/mol. The number of amides is 2. The van der Waals surface area contributed by atoms with Crippen molar-refractivity contribution < 1.29 is 19.1 Å². The third-order valence-electron chi connectivity index (χ3n) is 4.04. The Kier molecular flexibility index (Phi) is 6.34. The molecule has 0 N–H and O–H groups in total. The molecular formula is C19H17BrClNO4S. The number of imide groups is 1. The molecule has 3 rings (SSSR count). The first kappa shape index (κ1) is 20.0. The minimum absolute atomic E-state index is 0.243. The zero-order chi connectivity index (χ0) is 19.6. The summed E-state index contributed by atoms with van der Waals surface area (Å²) in [7, 11) is 1.57. The van der Waals surface area contributed by atoms with Crippen molar-refractivity contribution in [3.8, 4) is 11.5 Å². The van der Waals surface area contributed by atoms with Crippen LogP contribution in [0.4, 0.5) is 10.5 Å². The van der Waals surface area contributed by atoms with Gasteiger partial charge in [0.25, 0.3) is 5.24 Å². The van der Waals surface area contributed by atoms with Gasteiger partial charge in [-0.05, 0) is 55.3 Å². The summed E-state index contributed by atoms with van der Waals surface area (Å²) in [6, 6.07) is 10.3. The Morgan fingerprint density at radius 2 is 1.89 bits per heavy atom. The van der Waals surface area contributed by atoms with Crippen molar-refractivity contribution in [1.29, 1.82) is 0 Å². The maximum atomic E-state index is 12.8. The molecule has 0 spiro atoms. The van der Waals surface area contributed by atoms with Crippen molar-refractivity contribution in [1.82, 2.24) is 0 Å². The average Bonchev–Trinajstić information content (AvgIpc) is 2.92. The quantitative estimate of drug-likeness (QED) is 0.572. The number of rotatable bonds is 6. The molecule has 0 radical (unpaired) electrons. The minimum atomic E-state index is -0.507. The number of anilines is 1. The SMILES string of the molecule is CCOc1cc(Br)c(C[C@@H]2SC(=O)N(c3ccc(Cl)cc3)C2=O)cc1OC. The molecule has 0 aliphatic carbocycles. The molecule has 2 amide bonds. The standard InChI is InChI=1S/C19H17BrClNO4S/c1-3-26-16-10-14(20)11(8-15(16)25-2)9-17-18(23)22(19(24)27-17)13-6-4-12(21)5-7-13/h4-8,10,17H,3,9H2,1-2H3/t17-/m0/s1. The van der Waals surface area contributed by atoms with Gasteiger partial charge in [-0.25, -0.2) is 4.90 Å². The zero-order valence-corrected chi connectivity index (χ0v) is 17.9. The molecule has 1 atom stereocenters. The summed E-state index contributed by atoms with van der Waals surface area (Å²) in [6.45, 7) is 2.41. The van der Waals surface area contributed by atoms with E-state index in [4.69, 9.17) is 21.1 Å². The predicted molar refractivity (Wildman–Crippen MR) is 111 cm³/mol. The number of methoxy groups -OCH3 is 1. The fraction of sp³-hybridized carbons (Fsp3) is 0.263. The van der Waals surface area contributed by atoms with E-state index in [2.05, 4.69) is 15.9 Å². The second-order valence-electron chi connectivity index (χ2n) is 5.75. The molecule has 8 heteroatoms. The first-order valence-electron chi connectivity index (χ1n) is 8.24. The first-order valence-corrected chi connectivity index (χ1v) is 10.3. The van der Waals surface area contributed by atoms with Crippen LogP contribution in [0.1, 0.15) is 12.5 Å². The number of halogens is 2. The van der Waals surface area contributed by atoms with Crippen molar-refractivity contribution >= 4 is 56.1 Å². The molecular weight excluding hydrogens is 454 g/mol. The summed E-state index contributed by atoms with van der Waals surface area (Å²) in [5.74, 6) is 0.971. The third kappa shape index (κ3) is 4.25. The molecule has 2 aromatic rings. The van der Waals surface area contributed by atoms with Crippen molar-refractivity contribution in [3.05, 3.63) is 51.5 Å². The van der Waals surface area contributed by atoms with E-state index < -0.39 is 5.25 Å². The lowest BCUT2D eigenvalue weighted by molar-refractivity contribution is -0.117. The molecule has 0 saturated carbocycles. The Labute approximate surface area is 175 Å². The van der Waals surface area contributed by atoms with Crippen LogP contribution in [0, 0.1) is 0 Å². The van der Waals surface area contributed by atoms with E-state index in [0.717, 1.165) is 21.8 Å². The van der Waals surface area contributed by atoms with Gasteiger partial charge in [-0.15, -0.1) is 0 Å². The Bertz CT molecular complexity index is 875. The van der Waals surface area contributed by atoms with Crippen LogP contribution >= 0.6 is 39.3 Å². The zero-order valence-electron chi connectivity index (χ0n) is 14.7. The molecule has 27 heavy (non-hydrogen) atoms. The molecule has 1 aliphatic rings. The molecule has 1 aliphatic heterocycles. The highest BCUT2D eigenvalue weighted by Gasteiger charge is 2.40. The number of ether oxygens (including phenoxy) is 2. The Balaban J connectivity index is 1.83. The molecule has 1 fully saturated rings. The smallest absolute Gasteiger partial charge is 0.293 e. The van der Waals surface area contributed by atoms with Gasteiger partial charge < -0.3 is 9.47 Å². The highest BCUT2D eigenvalue weighted by atomic mass is 79.9. The summed E-state index contributed by atoms with van der Waals surface area (Å²) in [5, 5.41) is -0.249. The summed E-state index contributed by atoms with van der Waals surface area (Å²) >= 11 is 10.4. The van der Waals surface area contributed by atoms with Crippen LogP contribution in [0.25, 0.3) is 0 Å². The van der Waals surface area contributed by atoms with E-state index in [1.165, 1.54) is 4.90 Å². The maximum absolute atomic E-state index is 12.8. The normalized spacial score (nSPS) is 16.7. The number of hydrogen-bond acceptors (Lipinski definition) is 5. The van der Waals surface area contributed by atoms with E-state index in [9.17, 15) is 9.59 Å². The fourth-order valence-corrected chi connectivity index (χ4v) is 4.40. The summed E-state index contributed by atoms with van der Waals surface area (Å²) in [4.78, 5) is 26.4. The van der Waals surface area contributed by atoms with Gasteiger partial charge in [-0.2, -0.15) is 0 Å². The van der Waals surface area contributed by atoms with E-state index in [0.29, 0.717) is 35.2 Å². The lowest BCUT2D eigenvalue weighted by atomic mass is 10.1. The number of carbonyl (C=O) groups excluding carboxylic acids is 2. The van der Waals surface area contributed by atoms with Crippen molar-refractivity contribution in [2.24, 2.45) is 0 Å². The molecule has 0 bridgehead atoms. The second kappa shape index (κ2) is 8.54. The number of hydrogen-bond donors (Lipinski definition) is 0. The molecule has 0 unspecified atom stereocenters. The van der Waals surface area contributed by atoms with Crippen LogP contribution in [0.5, 0.6) is 11.5 Å². The van der Waals surface area contributed by atoms with Gasteiger partial charge >= 0.3 is 0 Å². The molecule has 1 saturated heterocycles. The van der Waals surface area contributed by atoms with Crippen molar-refractivity contribution in [2.75, 3.05) is 18.6 Å². The van der Waals surface area contributed by atoms with Gasteiger partial charge in [0.2, 0.25) is 5.91 Å². The first-order chi connectivity index (χ1) is 12.9. The van der Waals surface area contributed by atoms with Gasteiger partial charge in [-0.1, -0.05) is 39.3 Å². The van der Waals surface area contributed by atoms with Crippen LogP contribution < -0.4 is 14.4 Å². The summed E-state index contributed by atoms with van der Waals surface area (Å²) < 4.78 is 11.7. The van der Waals surface area contributed by atoms with Crippen LogP contribution in [0.15, 0.2) is 40.9 Å². The number of thioether (sulfide) groups is 1. The van der Waals surface area contributed by atoms with Crippen LogP contribution in [0.2, 0.25) is 5.02 Å². The monoisotopic (exact) mass is 469 g/mol. The Hall–Kier alpha value is -1.70. The van der Waals surface area contributed by atoms with Crippen LogP contribution in [-0.2, 0) is 11.2 Å². The fourth-order valence-electron chi connectivity index (χ4n) is 2.77. The topological polar surface area (TPSA) is 55.8 Å². The Morgan fingerprint density at radius 1 is 1.19 bits per heavy atom. The lowest BCUT2D eigenvalue weighted by Gasteiger charge is -2.16. The highest BCUT2D eigenvalue weighted by molar-refractivity contribution is 9.10. The number of benzene rings is 2. The molecule has 5 nitrogen and oxygen atoms in total. The van der Waals surface area contributed by atoms with Gasteiger partial charge in [0.05, 0.1) is 24.7 Å². The summed E-state index contributed by atoms with van der Waals surface area (Å²) in [6.07, 6.45) is 0.392. The number of nitrogens with zero attached hydrogens (tertiary/aromatic N) is 1. The largest absolute Gasteiger partial charge is 0.493 e. The molecule has 2 aromatic carbocycles. The minimum Gasteiger partial charge on any atom is -0.493 e. The molecule has 1 heterocycles. The Morgan fingerprint density at radius 3 is 2.52 bits per heavy atom. The van der Waals surface area contributed by atoms with E-state index in [1.807, 2.05) is 19.1 Å². The molecule has 0 aromatic heterocycles. The third-order valence-corrected chi connectivity index (χ3v) is 6.07. The van der Waals surface area contributed by atoms with E-state index >= 15 is 0 Å². The van der Waals surface area contributed by atoms with Crippen LogP contribution in [0.3, 0.4) is 0 Å². The highest BCUT2D eigenvalue weighted by Crippen LogP contribution is 2.38. The summed E-state index contributed by atoms with van der Waals surface area (Å²) in [5.41, 5.74) is 1.39. The predicted octanol–water partition coefficient (Wildman–Crippen LogP) is 5.32. The molecule has 142 valence electrons. The second-order valence-corrected chi connectivity index (χ2v) is 8.20. The van der Waals surface area contributed by atoms with Crippen molar-refractivity contribution in [2.45, 2.75) is 18.6 Å². The van der Waals surface area contributed by atoms with E-state index in [1.54, 1.807) is 31.4 Å². The van der Waals surface area contributed by atoms with Gasteiger partial charge in [0.15, 0.2) is 11.5 Å².